The molecule has 2 N–H and O–H groups in total. The number of rotatable bonds is 5. The molecule has 5 nitrogen and oxygen atoms in total. The summed E-state index contributed by atoms with van der Waals surface area (Å²) in [5.74, 6) is 2.43. The molecule has 0 radical (unpaired) electrons. The van der Waals surface area contributed by atoms with Crippen LogP contribution in [0.5, 0.6) is 0 Å². The molecular weight excluding hydrogens is 240 g/mol. The van der Waals surface area contributed by atoms with Crippen molar-refractivity contribution in [1.29, 1.82) is 0 Å². The summed E-state index contributed by atoms with van der Waals surface area (Å²) in [6.45, 7) is 5.64. The lowest BCUT2D eigenvalue weighted by atomic mass is 9.84. The van der Waals surface area contributed by atoms with Gasteiger partial charge in [-0.25, -0.2) is 0 Å². The molecule has 1 heterocycles. The SMILES string of the molecule is CC(C)c1noc(CN(C)C2CCCCC2CN)n1. The molecule has 108 valence electrons. The van der Waals surface area contributed by atoms with E-state index in [0.29, 0.717) is 23.8 Å². The number of hydrogen-bond acceptors (Lipinski definition) is 5. The van der Waals surface area contributed by atoms with Gasteiger partial charge in [-0.3, -0.25) is 4.90 Å². The van der Waals surface area contributed by atoms with Gasteiger partial charge in [0.15, 0.2) is 5.82 Å². The van der Waals surface area contributed by atoms with Gasteiger partial charge in [-0.15, -0.1) is 0 Å². The van der Waals surface area contributed by atoms with Gasteiger partial charge in [-0.1, -0.05) is 31.8 Å². The zero-order chi connectivity index (χ0) is 13.8. The van der Waals surface area contributed by atoms with Crippen molar-refractivity contribution in [3.63, 3.8) is 0 Å². The summed E-state index contributed by atoms with van der Waals surface area (Å²) in [4.78, 5) is 6.77. The van der Waals surface area contributed by atoms with Gasteiger partial charge in [0.05, 0.1) is 6.54 Å². The maximum Gasteiger partial charge on any atom is 0.240 e. The highest BCUT2D eigenvalue weighted by atomic mass is 16.5. The third-order valence-electron chi connectivity index (χ3n) is 4.12. The average Bonchev–Trinajstić information content (AvgIpc) is 2.87. The van der Waals surface area contributed by atoms with Gasteiger partial charge < -0.3 is 10.3 Å². The predicted molar refractivity (Wildman–Crippen MR) is 74.7 cm³/mol. The quantitative estimate of drug-likeness (QED) is 0.884. The predicted octanol–water partition coefficient (Wildman–Crippen LogP) is 2.14. The summed E-state index contributed by atoms with van der Waals surface area (Å²) >= 11 is 0. The Balaban J connectivity index is 1.96. The van der Waals surface area contributed by atoms with Crippen molar-refractivity contribution in [2.45, 2.75) is 58.0 Å². The maximum absolute atomic E-state index is 5.89. The lowest BCUT2D eigenvalue weighted by molar-refractivity contribution is 0.115. The Morgan fingerprint density at radius 3 is 2.74 bits per heavy atom. The molecule has 19 heavy (non-hydrogen) atoms. The minimum Gasteiger partial charge on any atom is -0.338 e. The third kappa shape index (κ3) is 3.54. The van der Waals surface area contributed by atoms with Crippen LogP contribution in [-0.2, 0) is 6.54 Å². The molecule has 2 rings (SSSR count). The Bertz CT molecular complexity index is 391. The van der Waals surface area contributed by atoms with Crippen molar-refractivity contribution in [2.75, 3.05) is 13.6 Å². The maximum atomic E-state index is 5.89. The van der Waals surface area contributed by atoms with Gasteiger partial charge in [-0.05, 0) is 32.4 Å². The molecule has 1 fully saturated rings. The smallest absolute Gasteiger partial charge is 0.240 e. The van der Waals surface area contributed by atoms with Gasteiger partial charge in [0.1, 0.15) is 0 Å². The van der Waals surface area contributed by atoms with E-state index in [-0.39, 0.29) is 0 Å². The van der Waals surface area contributed by atoms with Gasteiger partial charge in [0, 0.05) is 12.0 Å². The third-order valence-corrected chi connectivity index (χ3v) is 4.12. The highest BCUT2D eigenvalue weighted by Crippen LogP contribution is 2.27. The zero-order valence-electron chi connectivity index (χ0n) is 12.3. The second-order valence-corrected chi connectivity index (χ2v) is 5.96. The number of nitrogens with zero attached hydrogens (tertiary/aromatic N) is 3. The lowest BCUT2D eigenvalue weighted by Gasteiger charge is -2.36. The van der Waals surface area contributed by atoms with Gasteiger partial charge in [0.2, 0.25) is 5.89 Å². The van der Waals surface area contributed by atoms with Crippen LogP contribution in [0.4, 0.5) is 0 Å². The monoisotopic (exact) mass is 266 g/mol. The van der Waals surface area contributed by atoms with Crippen molar-refractivity contribution in [2.24, 2.45) is 11.7 Å². The van der Waals surface area contributed by atoms with Gasteiger partial charge in [0.25, 0.3) is 0 Å². The Morgan fingerprint density at radius 1 is 1.37 bits per heavy atom. The van der Waals surface area contributed by atoms with Crippen LogP contribution in [0.3, 0.4) is 0 Å². The summed E-state index contributed by atoms with van der Waals surface area (Å²) < 4.78 is 5.32. The summed E-state index contributed by atoms with van der Waals surface area (Å²) in [6, 6.07) is 0.549. The molecule has 0 aromatic carbocycles. The van der Waals surface area contributed by atoms with E-state index in [1.165, 1.54) is 25.7 Å². The highest BCUT2D eigenvalue weighted by molar-refractivity contribution is 4.92. The van der Waals surface area contributed by atoms with Crippen LogP contribution in [0.25, 0.3) is 0 Å². The Kier molecular flexibility index (Phi) is 4.93. The van der Waals surface area contributed by atoms with Crippen molar-refractivity contribution in [1.82, 2.24) is 15.0 Å². The molecule has 1 saturated carbocycles. The van der Waals surface area contributed by atoms with Crippen molar-refractivity contribution >= 4 is 0 Å². The molecule has 5 heteroatoms. The first kappa shape index (κ1) is 14.5. The van der Waals surface area contributed by atoms with E-state index >= 15 is 0 Å². The molecular formula is C14H26N4O. The van der Waals surface area contributed by atoms with E-state index in [9.17, 15) is 0 Å². The van der Waals surface area contributed by atoms with Crippen LogP contribution in [0.15, 0.2) is 4.52 Å². The van der Waals surface area contributed by atoms with Crippen LogP contribution in [0.1, 0.15) is 57.2 Å². The Morgan fingerprint density at radius 2 is 2.11 bits per heavy atom. The summed E-state index contributed by atoms with van der Waals surface area (Å²) in [5.41, 5.74) is 5.89. The minimum atomic E-state index is 0.314. The van der Waals surface area contributed by atoms with E-state index in [2.05, 4.69) is 35.9 Å². The van der Waals surface area contributed by atoms with E-state index in [1.807, 2.05) is 0 Å². The Hall–Kier alpha value is -0.940. The second-order valence-electron chi connectivity index (χ2n) is 5.96. The number of hydrogen-bond donors (Lipinski definition) is 1. The first-order valence-corrected chi connectivity index (χ1v) is 7.34. The normalized spacial score (nSPS) is 24.3. The van der Waals surface area contributed by atoms with Crippen LogP contribution < -0.4 is 5.73 Å². The first-order chi connectivity index (χ1) is 9.11. The average molecular weight is 266 g/mol. The Labute approximate surface area is 115 Å². The number of aromatic nitrogens is 2. The largest absolute Gasteiger partial charge is 0.338 e. The van der Waals surface area contributed by atoms with E-state index in [0.717, 1.165) is 18.9 Å². The standard InChI is InChI=1S/C14H26N4O/c1-10(2)14-16-13(19-17-14)9-18(3)12-7-5-4-6-11(12)8-15/h10-12H,4-9,15H2,1-3H3. The van der Waals surface area contributed by atoms with Crippen molar-refractivity contribution in [3.8, 4) is 0 Å². The second kappa shape index (κ2) is 6.48. The fourth-order valence-corrected chi connectivity index (χ4v) is 2.94. The minimum absolute atomic E-state index is 0.314. The van der Waals surface area contributed by atoms with E-state index in [1.54, 1.807) is 0 Å². The fraction of sp³-hybridized carbons (Fsp3) is 0.857. The zero-order valence-corrected chi connectivity index (χ0v) is 12.3. The van der Waals surface area contributed by atoms with Gasteiger partial charge in [-0.2, -0.15) is 4.98 Å². The molecule has 0 amide bonds. The molecule has 1 aromatic heterocycles. The van der Waals surface area contributed by atoms with Crippen molar-refractivity contribution < 1.29 is 4.52 Å². The van der Waals surface area contributed by atoms with Gasteiger partial charge >= 0.3 is 0 Å². The van der Waals surface area contributed by atoms with E-state index in [4.69, 9.17) is 10.3 Å². The molecule has 0 aliphatic heterocycles. The molecule has 2 atom stereocenters. The first-order valence-electron chi connectivity index (χ1n) is 7.34. The summed E-state index contributed by atoms with van der Waals surface area (Å²) in [6.07, 6.45) is 5.08. The summed E-state index contributed by atoms with van der Waals surface area (Å²) in [5, 5.41) is 4.02. The number of nitrogens with two attached hydrogens (primary N) is 1. The molecule has 0 spiro atoms. The molecule has 0 saturated heterocycles. The van der Waals surface area contributed by atoms with Crippen LogP contribution in [0, 0.1) is 5.92 Å². The molecule has 2 unspecified atom stereocenters. The van der Waals surface area contributed by atoms with Crippen LogP contribution >= 0.6 is 0 Å². The summed E-state index contributed by atoms with van der Waals surface area (Å²) in [7, 11) is 2.14. The molecule has 1 aliphatic carbocycles. The van der Waals surface area contributed by atoms with Crippen LogP contribution in [0.2, 0.25) is 0 Å². The van der Waals surface area contributed by atoms with Crippen LogP contribution in [-0.4, -0.2) is 34.7 Å². The highest BCUT2D eigenvalue weighted by Gasteiger charge is 2.28. The molecule has 0 bridgehead atoms. The fourth-order valence-electron chi connectivity index (χ4n) is 2.94. The molecule has 1 aromatic rings. The lowest BCUT2D eigenvalue weighted by Crippen LogP contribution is -2.42. The molecule has 1 aliphatic rings. The van der Waals surface area contributed by atoms with Crippen molar-refractivity contribution in [3.05, 3.63) is 11.7 Å². The topological polar surface area (TPSA) is 68.2 Å². The van der Waals surface area contributed by atoms with E-state index < -0.39 is 0 Å².